The zero-order valence-electron chi connectivity index (χ0n) is 17.8. The Bertz CT molecular complexity index is 1210. The quantitative estimate of drug-likeness (QED) is 0.382. The van der Waals surface area contributed by atoms with Crippen LogP contribution >= 0.6 is 0 Å². The molecule has 1 aliphatic rings. The number of sulfonamides is 1. The minimum atomic E-state index is -3.99. The summed E-state index contributed by atoms with van der Waals surface area (Å²) in [4.78, 5) is 37.5. The molecule has 9 nitrogen and oxygen atoms in total. The van der Waals surface area contributed by atoms with Crippen molar-refractivity contribution in [2.45, 2.75) is 11.8 Å². The molecule has 0 heterocycles. The molecule has 0 aromatic heterocycles. The van der Waals surface area contributed by atoms with Gasteiger partial charge in [-0.3, -0.25) is 14.4 Å². The molecule has 3 rings (SSSR count). The zero-order valence-corrected chi connectivity index (χ0v) is 18.6. The normalized spacial score (nSPS) is 13.5. The average molecular weight is 446 g/mol. The van der Waals surface area contributed by atoms with Gasteiger partial charge in [-0.05, 0) is 18.2 Å². The largest absolute Gasteiger partial charge is 0.397 e. The molecular formula is C21H25N4O5S+. The third-order valence-electron chi connectivity index (χ3n) is 4.89. The highest BCUT2D eigenvalue weighted by Gasteiger charge is 2.35. The highest BCUT2D eigenvalue weighted by molar-refractivity contribution is 7.89. The van der Waals surface area contributed by atoms with Crippen LogP contribution in [0.1, 0.15) is 38.8 Å². The first kappa shape index (κ1) is 22.6. The smallest absolute Gasteiger partial charge is 0.242 e. The lowest BCUT2D eigenvalue weighted by atomic mass is 9.82. The molecule has 0 aliphatic heterocycles. The molecule has 0 fully saturated rings. The summed E-state index contributed by atoms with van der Waals surface area (Å²) >= 11 is 0. The summed E-state index contributed by atoms with van der Waals surface area (Å²) in [6.45, 7) is 2.02. The van der Waals surface area contributed by atoms with E-state index in [9.17, 15) is 22.8 Å². The van der Waals surface area contributed by atoms with E-state index >= 15 is 0 Å². The Balaban J connectivity index is 2.06. The first-order valence-corrected chi connectivity index (χ1v) is 11.0. The standard InChI is InChI=1S/C21H24N4O5S/c1-12(26)24-15-7-5-6-13-17(15)20(27)14-8-9-16(19(22)18(14)21(13)28)31(29,30)23-10-11-25(2,3)4/h5-9,23H,10-11H2,1-4H3,(H2-,22,24,26,27,28)/p+1. The van der Waals surface area contributed by atoms with E-state index in [-0.39, 0.29) is 51.0 Å². The van der Waals surface area contributed by atoms with Gasteiger partial charge in [0.15, 0.2) is 11.6 Å². The number of nitrogens with two attached hydrogens (primary N) is 1. The number of hydrogen-bond donors (Lipinski definition) is 3. The van der Waals surface area contributed by atoms with E-state index in [4.69, 9.17) is 5.73 Å². The number of nitrogens with one attached hydrogen (secondary N) is 2. The van der Waals surface area contributed by atoms with Crippen LogP contribution in [0.5, 0.6) is 0 Å². The highest BCUT2D eigenvalue weighted by Crippen LogP contribution is 2.36. The number of quaternary nitrogens is 1. The molecule has 0 spiro atoms. The minimum Gasteiger partial charge on any atom is -0.397 e. The number of nitrogen functional groups attached to an aromatic ring is 1. The number of anilines is 2. The first-order chi connectivity index (χ1) is 14.3. The maximum atomic E-state index is 13.2. The summed E-state index contributed by atoms with van der Waals surface area (Å²) in [6, 6.07) is 7.01. The van der Waals surface area contributed by atoms with E-state index in [1.165, 1.54) is 37.3 Å². The first-order valence-electron chi connectivity index (χ1n) is 9.56. The van der Waals surface area contributed by atoms with Crippen LogP contribution in [0.4, 0.5) is 11.4 Å². The van der Waals surface area contributed by atoms with Gasteiger partial charge in [-0.25, -0.2) is 13.1 Å². The molecule has 1 aliphatic carbocycles. The monoisotopic (exact) mass is 445 g/mol. The van der Waals surface area contributed by atoms with E-state index in [0.717, 1.165) is 0 Å². The number of nitrogens with zero attached hydrogens (tertiary/aromatic N) is 1. The molecule has 1 amide bonds. The van der Waals surface area contributed by atoms with Gasteiger partial charge in [-0.1, -0.05) is 12.1 Å². The van der Waals surface area contributed by atoms with Crippen LogP contribution in [0.25, 0.3) is 0 Å². The van der Waals surface area contributed by atoms with Crippen LogP contribution in [0.2, 0.25) is 0 Å². The van der Waals surface area contributed by atoms with Crippen LogP contribution in [-0.4, -0.2) is 64.6 Å². The average Bonchev–Trinajstić information content (AvgIpc) is 2.63. The minimum absolute atomic E-state index is 0.00175. The summed E-state index contributed by atoms with van der Waals surface area (Å²) in [5.41, 5.74) is 6.02. The van der Waals surface area contributed by atoms with Crippen molar-refractivity contribution < 1.29 is 27.3 Å². The maximum Gasteiger partial charge on any atom is 0.242 e. The Hall–Kier alpha value is -3.08. The second kappa shape index (κ2) is 7.88. The predicted octanol–water partition coefficient (Wildman–Crippen LogP) is 0.987. The van der Waals surface area contributed by atoms with Gasteiger partial charge >= 0.3 is 0 Å². The molecule has 2 aromatic rings. The van der Waals surface area contributed by atoms with Crippen LogP contribution < -0.4 is 15.8 Å². The number of benzene rings is 2. The van der Waals surface area contributed by atoms with Crippen molar-refractivity contribution in [3.05, 3.63) is 52.6 Å². The summed E-state index contributed by atoms with van der Waals surface area (Å²) < 4.78 is 28.6. The zero-order chi connectivity index (χ0) is 23.1. The number of amides is 1. The second-order valence-corrected chi connectivity index (χ2v) is 10.1. The SMILES string of the molecule is CC(=O)Nc1cccc2c1C(=O)c1ccc(S(=O)(=O)NCC[N+](C)(C)C)c(N)c1C2=O. The maximum absolute atomic E-state index is 13.2. The third-order valence-corrected chi connectivity index (χ3v) is 6.41. The van der Waals surface area contributed by atoms with Gasteiger partial charge in [0.2, 0.25) is 15.9 Å². The third kappa shape index (κ3) is 4.36. The molecular weight excluding hydrogens is 420 g/mol. The fourth-order valence-electron chi connectivity index (χ4n) is 3.41. The lowest BCUT2D eigenvalue weighted by Gasteiger charge is -2.24. The number of likely N-dealkylation sites (N-methyl/N-ethyl adjacent to an activating group) is 1. The second-order valence-electron chi connectivity index (χ2n) is 8.38. The molecule has 0 saturated carbocycles. The molecule has 0 unspecified atom stereocenters. The van der Waals surface area contributed by atoms with Gasteiger partial charge < -0.3 is 15.5 Å². The van der Waals surface area contributed by atoms with E-state index in [1.54, 1.807) is 0 Å². The molecule has 2 aromatic carbocycles. The number of rotatable bonds is 6. The summed E-state index contributed by atoms with van der Waals surface area (Å²) in [5.74, 6) is -1.47. The molecule has 4 N–H and O–H groups in total. The van der Waals surface area contributed by atoms with Crippen molar-refractivity contribution in [2.75, 3.05) is 45.3 Å². The predicted molar refractivity (Wildman–Crippen MR) is 117 cm³/mol. The van der Waals surface area contributed by atoms with Crippen molar-refractivity contribution in [3.8, 4) is 0 Å². The highest BCUT2D eigenvalue weighted by atomic mass is 32.2. The van der Waals surface area contributed by atoms with Gasteiger partial charge in [0.05, 0.1) is 56.7 Å². The van der Waals surface area contributed by atoms with Crippen molar-refractivity contribution in [2.24, 2.45) is 0 Å². The van der Waals surface area contributed by atoms with Gasteiger partial charge in [0.25, 0.3) is 0 Å². The number of carbonyl (C=O) groups is 3. The molecule has 10 heteroatoms. The Kier molecular flexibility index (Phi) is 5.74. The lowest BCUT2D eigenvalue weighted by Crippen LogP contribution is -2.42. The van der Waals surface area contributed by atoms with Gasteiger partial charge in [-0.15, -0.1) is 0 Å². The number of hydrogen-bond acceptors (Lipinski definition) is 6. The molecule has 0 saturated heterocycles. The van der Waals surface area contributed by atoms with E-state index in [1.807, 2.05) is 21.1 Å². The lowest BCUT2D eigenvalue weighted by molar-refractivity contribution is -0.869. The fraction of sp³-hybridized carbons (Fsp3) is 0.286. The van der Waals surface area contributed by atoms with Gasteiger partial charge in [-0.2, -0.15) is 0 Å². The molecule has 0 radical (unpaired) electrons. The summed E-state index contributed by atoms with van der Waals surface area (Å²) in [5, 5.41) is 2.55. The molecule has 0 atom stereocenters. The van der Waals surface area contributed by atoms with Crippen molar-refractivity contribution in [1.82, 2.24) is 4.72 Å². The topological polar surface area (TPSA) is 135 Å². The van der Waals surface area contributed by atoms with Crippen molar-refractivity contribution >= 4 is 38.9 Å². The number of carbonyl (C=O) groups excluding carboxylic acids is 3. The molecule has 0 bridgehead atoms. The van der Waals surface area contributed by atoms with Crippen molar-refractivity contribution in [3.63, 3.8) is 0 Å². The van der Waals surface area contributed by atoms with E-state index in [2.05, 4.69) is 10.0 Å². The Morgan fingerprint density at radius 3 is 2.23 bits per heavy atom. The summed E-state index contributed by atoms with van der Waals surface area (Å²) in [7, 11) is 1.79. The molecule has 31 heavy (non-hydrogen) atoms. The Morgan fingerprint density at radius 1 is 1.00 bits per heavy atom. The van der Waals surface area contributed by atoms with Crippen LogP contribution in [0, 0.1) is 0 Å². The fourth-order valence-corrected chi connectivity index (χ4v) is 4.57. The number of fused-ring (bicyclic) bond motifs is 2. The van der Waals surface area contributed by atoms with E-state index < -0.39 is 21.6 Å². The number of ketones is 2. The van der Waals surface area contributed by atoms with Crippen LogP contribution in [0.15, 0.2) is 35.2 Å². The van der Waals surface area contributed by atoms with Gasteiger partial charge in [0, 0.05) is 18.1 Å². The Labute approximate surface area is 180 Å². The van der Waals surface area contributed by atoms with Gasteiger partial charge in [0.1, 0.15) is 4.90 Å². The Morgan fingerprint density at radius 2 is 1.61 bits per heavy atom. The van der Waals surface area contributed by atoms with Crippen molar-refractivity contribution in [1.29, 1.82) is 0 Å². The molecule has 164 valence electrons. The van der Waals surface area contributed by atoms with Crippen LogP contribution in [-0.2, 0) is 14.8 Å². The summed E-state index contributed by atoms with van der Waals surface area (Å²) in [6.07, 6.45) is 0. The van der Waals surface area contributed by atoms with Crippen LogP contribution in [0.3, 0.4) is 0 Å². The van der Waals surface area contributed by atoms with E-state index in [0.29, 0.717) is 11.0 Å².